The second-order valence-electron chi connectivity index (χ2n) is 6.08. The van der Waals surface area contributed by atoms with E-state index in [0.717, 1.165) is 5.56 Å². The largest absolute Gasteiger partial charge is 0.488 e. The average Bonchev–Trinajstić information content (AvgIpc) is 2.64. The van der Waals surface area contributed by atoms with E-state index in [9.17, 15) is 9.59 Å². The summed E-state index contributed by atoms with van der Waals surface area (Å²) in [6.45, 7) is 4.64. The SMILES string of the molecule is CC(C)C(=O)NCCNC(=O)c1ccccc1OCc1ccccc1Cl. The highest BCUT2D eigenvalue weighted by Crippen LogP contribution is 2.21. The topological polar surface area (TPSA) is 67.4 Å². The molecule has 0 unspecified atom stereocenters. The molecule has 0 saturated carbocycles. The molecular weight excluding hydrogens is 352 g/mol. The van der Waals surface area contributed by atoms with Crippen LogP contribution in [0.15, 0.2) is 48.5 Å². The van der Waals surface area contributed by atoms with E-state index < -0.39 is 0 Å². The molecule has 0 aliphatic rings. The van der Waals surface area contributed by atoms with Gasteiger partial charge in [0.15, 0.2) is 0 Å². The molecule has 0 heterocycles. The van der Waals surface area contributed by atoms with Gasteiger partial charge in [-0.25, -0.2) is 0 Å². The third-order valence-corrected chi connectivity index (χ3v) is 4.08. The van der Waals surface area contributed by atoms with Gasteiger partial charge >= 0.3 is 0 Å². The molecule has 5 nitrogen and oxygen atoms in total. The van der Waals surface area contributed by atoms with E-state index in [2.05, 4.69) is 10.6 Å². The predicted molar refractivity (Wildman–Crippen MR) is 102 cm³/mol. The summed E-state index contributed by atoms with van der Waals surface area (Å²) in [6, 6.07) is 14.4. The molecule has 0 aromatic heterocycles. The molecule has 2 rings (SSSR count). The fraction of sp³-hybridized carbons (Fsp3) is 0.300. The van der Waals surface area contributed by atoms with Gasteiger partial charge in [-0.1, -0.05) is 55.8 Å². The molecule has 0 radical (unpaired) electrons. The number of hydrogen-bond donors (Lipinski definition) is 2. The highest BCUT2D eigenvalue weighted by Gasteiger charge is 2.12. The maximum Gasteiger partial charge on any atom is 0.255 e. The summed E-state index contributed by atoms with van der Waals surface area (Å²) in [5.41, 5.74) is 1.29. The molecule has 0 spiro atoms. The number of para-hydroxylation sites is 1. The van der Waals surface area contributed by atoms with Crippen molar-refractivity contribution in [1.82, 2.24) is 10.6 Å². The summed E-state index contributed by atoms with van der Waals surface area (Å²) < 4.78 is 5.79. The standard InChI is InChI=1S/C20H23ClN2O3/c1-14(2)19(24)22-11-12-23-20(25)16-8-4-6-10-18(16)26-13-15-7-3-5-9-17(15)21/h3-10,14H,11-13H2,1-2H3,(H,22,24)(H,23,25). The van der Waals surface area contributed by atoms with Crippen molar-refractivity contribution in [2.45, 2.75) is 20.5 Å². The quantitative estimate of drug-likeness (QED) is 0.696. The Morgan fingerprint density at radius 1 is 1.00 bits per heavy atom. The first-order chi connectivity index (χ1) is 12.5. The van der Waals surface area contributed by atoms with Gasteiger partial charge in [0.2, 0.25) is 5.91 Å². The maximum absolute atomic E-state index is 12.4. The molecule has 26 heavy (non-hydrogen) atoms. The van der Waals surface area contributed by atoms with Gasteiger partial charge < -0.3 is 15.4 Å². The molecular formula is C20H23ClN2O3. The summed E-state index contributed by atoms with van der Waals surface area (Å²) in [7, 11) is 0. The van der Waals surface area contributed by atoms with Gasteiger partial charge in [-0.2, -0.15) is 0 Å². The molecule has 2 N–H and O–H groups in total. The van der Waals surface area contributed by atoms with Crippen LogP contribution in [0.25, 0.3) is 0 Å². The van der Waals surface area contributed by atoms with Crippen LogP contribution < -0.4 is 15.4 Å². The molecule has 2 aromatic carbocycles. The zero-order valence-electron chi connectivity index (χ0n) is 14.9. The van der Waals surface area contributed by atoms with Crippen molar-refractivity contribution < 1.29 is 14.3 Å². The van der Waals surface area contributed by atoms with Crippen LogP contribution in [0.4, 0.5) is 0 Å². The Morgan fingerprint density at radius 2 is 1.65 bits per heavy atom. The number of rotatable bonds is 8. The van der Waals surface area contributed by atoms with E-state index in [-0.39, 0.29) is 24.3 Å². The molecule has 0 aliphatic carbocycles. The molecule has 2 amide bonds. The van der Waals surface area contributed by atoms with Crippen LogP contribution in [0, 0.1) is 5.92 Å². The Kier molecular flexibility index (Phi) is 7.48. The van der Waals surface area contributed by atoms with Crippen molar-refractivity contribution in [3.05, 3.63) is 64.7 Å². The van der Waals surface area contributed by atoms with Crippen molar-refractivity contribution in [3.8, 4) is 5.75 Å². The Morgan fingerprint density at radius 3 is 2.38 bits per heavy atom. The van der Waals surface area contributed by atoms with Crippen LogP contribution in [-0.4, -0.2) is 24.9 Å². The first-order valence-electron chi connectivity index (χ1n) is 8.50. The Labute approximate surface area is 158 Å². The molecule has 0 fully saturated rings. The van der Waals surface area contributed by atoms with Gasteiger partial charge in [-0.15, -0.1) is 0 Å². The zero-order chi connectivity index (χ0) is 18.9. The summed E-state index contributed by atoms with van der Waals surface area (Å²) in [5, 5.41) is 6.16. The average molecular weight is 375 g/mol. The smallest absolute Gasteiger partial charge is 0.255 e. The fourth-order valence-electron chi connectivity index (χ4n) is 2.21. The Balaban J connectivity index is 1.92. The monoisotopic (exact) mass is 374 g/mol. The molecule has 2 aromatic rings. The van der Waals surface area contributed by atoms with Gasteiger partial charge in [-0.3, -0.25) is 9.59 Å². The minimum Gasteiger partial charge on any atom is -0.488 e. The molecule has 6 heteroatoms. The fourth-order valence-corrected chi connectivity index (χ4v) is 2.40. The number of amides is 2. The normalized spacial score (nSPS) is 10.5. The second kappa shape index (κ2) is 9.82. The maximum atomic E-state index is 12.4. The van der Waals surface area contributed by atoms with Crippen LogP contribution in [0.5, 0.6) is 5.75 Å². The van der Waals surface area contributed by atoms with Crippen molar-refractivity contribution in [2.75, 3.05) is 13.1 Å². The van der Waals surface area contributed by atoms with E-state index in [1.165, 1.54) is 0 Å². The minimum atomic E-state index is -0.251. The Hall–Kier alpha value is -2.53. The third-order valence-electron chi connectivity index (χ3n) is 3.71. The summed E-state index contributed by atoms with van der Waals surface area (Å²) in [6.07, 6.45) is 0. The number of carbonyl (C=O) groups excluding carboxylic acids is 2. The highest BCUT2D eigenvalue weighted by atomic mass is 35.5. The number of carbonyl (C=O) groups is 2. The first kappa shape index (κ1) is 19.8. The third kappa shape index (κ3) is 5.77. The molecule has 138 valence electrons. The molecule has 0 saturated heterocycles. The molecule has 0 bridgehead atoms. The van der Waals surface area contributed by atoms with Crippen molar-refractivity contribution in [1.29, 1.82) is 0 Å². The van der Waals surface area contributed by atoms with Gasteiger partial charge in [-0.05, 0) is 18.2 Å². The Bertz CT molecular complexity index is 762. The first-order valence-corrected chi connectivity index (χ1v) is 8.88. The van der Waals surface area contributed by atoms with Crippen molar-refractivity contribution >= 4 is 23.4 Å². The van der Waals surface area contributed by atoms with E-state index >= 15 is 0 Å². The number of benzene rings is 2. The highest BCUT2D eigenvalue weighted by molar-refractivity contribution is 6.31. The van der Waals surface area contributed by atoms with E-state index in [1.807, 2.05) is 38.1 Å². The molecule has 0 atom stereocenters. The summed E-state index contributed by atoms with van der Waals surface area (Å²) in [4.78, 5) is 23.9. The number of nitrogens with one attached hydrogen (secondary N) is 2. The van der Waals surface area contributed by atoms with Crippen LogP contribution >= 0.6 is 11.6 Å². The van der Waals surface area contributed by atoms with Crippen LogP contribution in [0.2, 0.25) is 5.02 Å². The zero-order valence-corrected chi connectivity index (χ0v) is 15.7. The van der Waals surface area contributed by atoms with Gasteiger partial charge in [0, 0.05) is 29.6 Å². The number of halogens is 1. The van der Waals surface area contributed by atoms with Gasteiger partial charge in [0.1, 0.15) is 12.4 Å². The van der Waals surface area contributed by atoms with E-state index in [1.54, 1.807) is 24.3 Å². The van der Waals surface area contributed by atoms with Crippen molar-refractivity contribution in [3.63, 3.8) is 0 Å². The lowest BCUT2D eigenvalue weighted by Gasteiger charge is -2.13. The minimum absolute atomic E-state index is 0.0391. The summed E-state index contributed by atoms with van der Waals surface area (Å²) >= 11 is 6.13. The van der Waals surface area contributed by atoms with Gasteiger partial charge in [0.25, 0.3) is 5.91 Å². The lowest BCUT2D eigenvalue weighted by molar-refractivity contribution is -0.123. The number of hydrogen-bond acceptors (Lipinski definition) is 3. The number of ether oxygens (including phenoxy) is 1. The lowest BCUT2D eigenvalue weighted by atomic mass is 10.2. The second-order valence-corrected chi connectivity index (χ2v) is 6.49. The summed E-state index contributed by atoms with van der Waals surface area (Å²) in [5.74, 6) is 0.113. The van der Waals surface area contributed by atoms with Crippen LogP contribution in [-0.2, 0) is 11.4 Å². The van der Waals surface area contributed by atoms with Crippen LogP contribution in [0.3, 0.4) is 0 Å². The van der Waals surface area contributed by atoms with Gasteiger partial charge in [0.05, 0.1) is 5.56 Å². The van der Waals surface area contributed by atoms with E-state index in [0.29, 0.717) is 29.4 Å². The van der Waals surface area contributed by atoms with Crippen molar-refractivity contribution in [2.24, 2.45) is 5.92 Å². The lowest BCUT2D eigenvalue weighted by Crippen LogP contribution is -2.36. The molecule has 0 aliphatic heterocycles. The predicted octanol–water partition coefficient (Wildman–Crippen LogP) is 3.42. The van der Waals surface area contributed by atoms with Crippen LogP contribution in [0.1, 0.15) is 29.8 Å². The van der Waals surface area contributed by atoms with E-state index in [4.69, 9.17) is 16.3 Å².